The first-order valence-electron chi connectivity index (χ1n) is 12.2. The van der Waals surface area contributed by atoms with Crippen molar-refractivity contribution in [2.24, 2.45) is 4.99 Å². The number of hydrogen-bond donors (Lipinski definition) is 0. The molecule has 39 heavy (non-hydrogen) atoms. The van der Waals surface area contributed by atoms with Crippen LogP contribution in [0.4, 0.5) is 0 Å². The molecule has 1 aliphatic rings. The van der Waals surface area contributed by atoms with E-state index in [0.29, 0.717) is 49.7 Å². The van der Waals surface area contributed by atoms with Gasteiger partial charge in [-0.25, -0.2) is 9.79 Å². The highest BCUT2D eigenvalue weighted by Gasteiger charge is 2.36. The van der Waals surface area contributed by atoms with Crippen molar-refractivity contribution >= 4 is 55.2 Å². The fraction of sp³-hybridized carbons (Fsp3) is 0.276. The van der Waals surface area contributed by atoms with Crippen molar-refractivity contribution in [3.05, 3.63) is 87.4 Å². The van der Waals surface area contributed by atoms with Crippen LogP contribution in [0.1, 0.15) is 43.9 Å². The van der Waals surface area contributed by atoms with Crippen LogP contribution in [0.25, 0.3) is 6.08 Å². The zero-order chi connectivity index (χ0) is 28.1. The quantitative estimate of drug-likeness (QED) is 0.233. The van der Waals surface area contributed by atoms with Gasteiger partial charge in [0.2, 0.25) is 0 Å². The van der Waals surface area contributed by atoms with Gasteiger partial charge in [0.25, 0.3) is 5.56 Å². The maximum absolute atomic E-state index is 14.1. The lowest BCUT2D eigenvalue weighted by atomic mass is 9.93. The number of rotatable bonds is 9. The summed E-state index contributed by atoms with van der Waals surface area (Å²) in [5, 5.41) is 0. The average molecular weight is 674 g/mol. The number of hydrogen-bond acceptors (Lipinski definition) is 7. The Labute approximate surface area is 247 Å². The molecular formula is C29H26Br2N2O5S. The molecule has 1 atom stereocenters. The minimum atomic E-state index is -0.795. The second kappa shape index (κ2) is 12.8. The molecular weight excluding hydrogens is 648 g/mol. The molecule has 202 valence electrons. The molecule has 0 N–H and O–H groups in total. The zero-order valence-electron chi connectivity index (χ0n) is 21.6. The molecule has 10 heteroatoms. The van der Waals surface area contributed by atoms with E-state index in [1.807, 2.05) is 31.2 Å². The first-order chi connectivity index (χ1) is 18.8. The summed E-state index contributed by atoms with van der Waals surface area (Å²) < 4.78 is 20.4. The van der Waals surface area contributed by atoms with Gasteiger partial charge in [0.05, 0.1) is 29.5 Å². The molecule has 3 aromatic rings. The highest BCUT2D eigenvalue weighted by molar-refractivity contribution is 9.10. The van der Waals surface area contributed by atoms with Gasteiger partial charge in [-0.3, -0.25) is 9.36 Å². The third-order valence-electron chi connectivity index (χ3n) is 5.95. The summed E-state index contributed by atoms with van der Waals surface area (Å²) in [5.41, 5.74) is 1.95. The molecule has 4 rings (SSSR count). The monoisotopic (exact) mass is 672 g/mol. The van der Waals surface area contributed by atoms with Crippen LogP contribution in [0.5, 0.6) is 11.5 Å². The molecule has 0 bridgehead atoms. The third kappa shape index (κ3) is 6.06. The number of terminal acetylenes is 1. The van der Waals surface area contributed by atoms with Crippen LogP contribution in [0.3, 0.4) is 0 Å². The normalized spacial score (nSPS) is 14.9. The number of fused-ring (bicyclic) bond motifs is 1. The number of allylic oxidation sites excluding steroid dienone is 1. The van der Waals surface area contributed by atoms with Crippen molar-refractivity contribution in [1.82, 2.24) is 4.57 Å². The number of aromatic nitrogens is 1. The number of nitrogens with zero attached hydrogens (tertiary/aromatic N) is 2. The number of carbonyl (C=O) groups is 1. The summed E-state index contributed by atoms with van der Waals surface area (Å²) >= 11 is 8.27. The predicted octanol–water partition coefficient (Wildman–Crippen LogP) is 5.12. The number of methoxy groups -OCH3 is 1. The fourth-order valence-electron chi connectivity index (χ4n) is 4.36. The third-order valence-corrected chi connectivity index (χ3v) is 7.92. The van der Waals surface area contributed by atoms with Gasteiger partial charge in [-0.1, -0.05) is 62.5 Å². The molecule has 2 heterocycles. The molecule has 0 aliphatic carbocycles. The fourth-order valence-corrected chi connectivity index (χ4v) is 6.13. The summed E-state index contributed by atoms with van der Waals surface area (Å²) in [5.74, 6) is 3.04. The number of thiazole rings is 1. The lowest BCUT2D eigenvalue weighted by molar-refractivity contribution is -0.139. The lowest BCUT2D eigenvalue weighted by Gasteiger charge is -2.27. The summed E-state index contributed by atoms with van der Waals surface area (Å²) in [4.78, 5) is 32.7. The second-order valence-corrected chi connectivity index (χ2v) is 11.3. The summed E-state index contributed by atoms with van der Waals surface area (Å²) in [6.07, 6.45) is 8.44. The summed E-state index contributed by atoms with van der Waals surface area (Å²) in [6.45, 7) is 4.05. The van der Waals surface area contributed by atoms with Crippen molar-refractivity contribution in [2.75, 3.05) is 20.3 Å². The lowest BCUT2D eigenvalue weighted by Crippen LogP contribution is -2.40. The Bertz CT molecular complexity index is 1670. The largest absolute Gasteiger partial charge is 0.496 e. The van der Waals surface area contributed by atoms with Crippen LogP contribution in [0.15, 0.2) is 66.4 Å². The number of carbonyl (C=O) groups excluding carboxylic acids is 1. The number of ether oxygens (including phenoxy) is 3. The second-order valence-electron chi connectivity index (χ2n) is 8.47. The molecule has 2 aromatic carbocycles. The Morgan fingerprint density at radius 3 is 2.56 bits per heavy atom. The smallest absolute Gasteiger partial charge is 0.338 e. The highest BCUT2D eigenvalue weighted by Crippen LogP contribution is 2.38. The van der Waals surface area contributed by atoms with E-state index in [4.69, 9.17) is 25.6 Å². The van der Waals surface area contributed by atoms with Gasteiger partial charge in [0.15, 0.2) is 4.80 Å². The first kappa shape index (κ1) is 28.9. The van der Waals surface area contributed by atoms with Gasteiger partial charge in [-0.15, -0.1) is 6.42 Å². The van der Waals surface area contributed by atoms with Crippen LogP contribution in [-0.2, 0) is 9.53 Å². The van der Waals surface area contributed by atoms with Gasteiger partial charge in [0, 0.05) is 20.1 Å². The molecule has 1 aliphatic heterocycles. The van der Waals surface area contributed by atoms with E-state index in [1.54, 1.807) is 36.8 Å². The Kier molecular flexibility index (Phi) is 9.49. The summed E-state index contributed by atoms with van der Waals surface area (Å²) in [6, 6.07) is 10.2. The van der Waals surface area contributed by atoms with Gasteiger partial charge in [-0.05, 0) is 55.8 Å². The Balaban J connectivity index is 2.04. The van der Waals surface area contributed by atoms with Crippen LogP contribution in [0, 0.1) is 12.3 Å². The van der Waals surface area contributed by atoms with Gasteiger partial charge < -0.3 is 14.2 Å². The molecule has 0 spiro atoms. The van der Waals surface area contributed by atoms with E-state index in [0.717, 1.165) is 15.4 Å². The molecule has 0 saturated heterocycles. The topological polar surface area (TPSA) is 79.1 Å². The van der Waals surface area contributed by atoms with Crippen molar-refractivity contribution in [2.45, 2.75) is 32.7 Å². The van der Waals surface area contributed by atoms with Crippen LogP contribution in [0.2, 0.25) is 0 Å². The predicted molar refractivity (Wildman–Crippen MR) is 159 cm³/mol. The summed E-state index contributed by atoms with van der Waals surface area (Å²) in [7, 11) is 1.56. The Morgan fingerprint density at radius 1 is 1.18 bits per heavy atom. The van der Waals surface area contributed by atoms with E-state index in [9.17, 15) is 9.59 Å². The number of esters is 1. The van der Waals surface area contributed by atoms with Crippen molar-refractivity contribution in [3.63, 3.8) is 0 Å². The molecule has 0 radical (unpaired) electrons. The Morgan fingerprint density at radius 2 is 1.90 bits per heavy atom. The molecule has 0 unspecified atom stereocenters. The minimum absolute atomic E-state index is 0.0929. The van der Waals surface area contributed by atoms with Gasteiger partial charge >= 0.3 is 5.97 Å². The van der Waals surface area contributed by atoms with Crippen LogP contribution in [-0.4, -0.2) is 30.9 Å². The van der Waals surface area contributed by atoms with Crippen molar-refractivity contribution in [3.8, 4) is 23.8 Å². The highest BCUT2D eigenvalue weighted by atomic mass is 79.9. The van der Waals surface area contributed by atoms with Crippen molar-refractivity contribution in [1.29, 1.82) is 0 Å². The number of benzene rings is 2. The molecule has 7 nitrogen and oxygen atoms in total. The van der Waals surface area contributed by atoms with Crippen LogP contribution >= 0.6 is 43.2 Å². The molecule has 0 saturated carbocycles. The molecule has 1 aromatic heterocycles. The standard InChI is InChI=1S/C29H26Br2N2O5S/c1-5-8-21-25(28(35)37-7-3)26(20-16-19(31)10-12-23(20)36-4)33-27(34)24(39-29(33)32-21)15-17-14-18(30)9-11-22(17)38-13-6-2/h2,9-12,14-16,26H,5,7-8,13H2,1,3-4H3/b24-15+/t26-/m0/s1. The van der Waals surface area contributed by atoms with Gasteiger partial charge in [-0.2, -0.15) is 0 Å². The van der Waals surface area contributed by atoms with E-state index in [2.05, 4.69) is 37.8 Å². The van der Waals surface area contributed by atoms with Crippen molar-refractivity contribution < 1.29 is 19.0 Å². The minimum Gasteiger partial charge on any atom is -0.496 e. The maximum Gasteiger partial charge on any atom is 0.338 e. The average Bonchev–Trinajstić information content (AvgIpc) is 3.22. The van der Waals surface area contributed by atoms with Crippen LogP contribution < -0.4 is 24.4 Å². The SMILES string of the molecule is C#CCOc1ccc(Br)cc1/C=c1/sc2n(c1=O)[C@@H](c1cc(Br)ccc1OC)C(C(=O)OCC)=C(CCC)N=2. The Hall–Kier alpha value is -3.13. The van der Waals surface area contributed by atoms with E-state index < -0.39 is 12.0 Å². The first-order valence-corrected chi connectivity index (χ1v) is 14.6. The van der Waals surface area contributed by atoms with E-state index in [1.165, 1.54) is 11.3 Å². The van der Waals surface area contributed by atoms with Gasteiger partial charge in [0.1, 0.15) is 24.1 Å². The van der Waals surface area contributed by atoms with E-state index in [-0.39, 0.29) is 18.8 Å². The molecule has 0 fully saturated rings. The maximum atomic E-state index is 14.1. The number of halogens is 2. The molecule has 0 amide bonds. The van der Waals surface area contributed by atoms with E-state index >= 15 is 0 Å². The zero-order valence-corrected chi connectivity index (χ0v) is 25.6.